The number of aryl methyl sites for hydroxylation is 1. The molecule has 0 saturated carbocycles. The molecule has 126 valence electrons. The maximum atomic E-state index is 12.4. The Morgan fingerprint density at radius 1 is 1.17 bits per heavy atom. The molecule has 1 N–H and O–H groups in total. The minimum absolute atomic E-state index is 0.123. The van der Waals surface area contributed by atoms with Crippen LogP contribution in [0, 0.1) is 0 Å². The van der Waals surface area contributed by atoms with Crippen molar-refractivity contribution in [1.29, 1.82) is 0 Å². The second kappa shape index (κ2) is 7.75. The van der Waals surface area contributed by atoms with Gasteiger partial charge in [-0.15, -0.1) is 11.8 Å². The molecule has 0 bridgehead atoms. The number of hydrogen-bond donors (Lipinski definition) is 1. The molecule has 24 heavy (non-hydrogen) atoms. The van der Waals surface area contributed by atoms with Gasteiger partial charge in [0.2, 0.25) is 0 Å². The zero-order valence-electron chi connectivity index (χ0n) is 14.2. The summed E-state index contributed by atoms with van der Waals surface area (Å²) in [5.41, 5.74) is 3.43. The molecule has 0 unspecified atom stereocenters. The van der Waals surface area contributed by atoms with Crippen LogP contribution in [0.1, 0.15) is 30.9 Å². The summed E-state index contributed by atoms with van der Waals surface area (Å²) in [5, 5.41) is 2.94. The first-order valence-corrected chi connectivity index (χ1v) is 9.62. The summed E-state index contributed by atoms with van der Waals surface area (Å²) in [5.74, 6) is 0.731. The fourth-order valence-electron chi connectivity index (χ4n) is 3.05. The second-order valence-corrected chi connectivity index (χ2v) is 6.96. The molecule has 0 spiro atoms. The molecule has 0 aliphatic heterocycles. The molecule has 2 aromatic carbocycles. The lowest BCUT2D eigenvalue weighted by molar-refractivity contribution is -0.122. The molecule has 0 radical (unpaired) electrons. The standard InChI is InChI=1S/C20H23NO2S/c1-14(20(22)21-16-9-6-10-17(13-16)24-2)23-19-12-5-8-15-7-3-4-11-18(15)19/h5-6,8-10,12-14H,3-4,7,11H2,1-2H3,(H,21,22)/t14-/m1/s1. The van der Waals surface area contributed by atoms with Gasteiger partial charge in [-0.25, -0.2) is 0 Å². The number of amides is 1. The monoisotopic (exact) mass is 341 g/mol. The molecule has 0 fully saturated rings. The van der Waals surface area contributed by atoms with Gasteiger partial charge in [0.1, 0.15) is 5.75 Å². The quantitative estimate of drug-likeness (QED) is 0.802. The lowest BCUT2D eigenvalue weighted by atomic mass is 9.91. The summed E-state index contributed by atoms with van der Waals surface area (Å²) in [6.07, 6.45) is 6.06. The predicted octanol–water partition coefficient (Wildman–Crippen LogP) is 4.69. The molecule has 3 rings (SSSR count). The van der Waals surface area contributed by atoms with Gasteiger partial charge < -0.3 is 10.1 Å². The third-order valence-electron chi connectivity index (χ3n) is 4.36. The van der Waals surface area contributed by atoms with Crippen LogP contribution in [0.2, 0.25) is 0 Å². The van der Waals surface area contributed by atoms with Gasteiger partial charge >= 0.3 is 0 Å². The molecular weight excluding hydrogens is 318 g/mol. The first-order chi connectivity index (χ1) is 11.7. The Morgan fingerprint density at radius 2 is 1.96 bits per heavy atom. The minimum atomic E-state index is -0.531. The third-order valence-corrected chi connectivity index (χ3v) is 5.09. The Labute approximate surface area is 147 Å². The summed E-state index contributed by atoms with van der Waals surface area (Å²) >= 11 is 1.65. The van der Waals surface area contributed by atoms with E-state index in [0.29, 0.717) is 0 Å². The van der Waals surface area contributed by atoms with E-state index in [1.807, 2.05) is 42.7 Å². The molecule has 4 heteroatoms. The highest BCUT2D eigenvalue weighted by molar-refractivity contribution is 7.98. The number of hydrogen-bond acceptors (Lipinski definition) is 3. The zero-order valence-corrected chi connectivity index (χ0v) is 15.0. The molecule has 1 aliphatic carbocycles. The van der Waals surface area contributed by atoms with Crippen LogP contribution in [0.4, 0.5) is 5.69 Å². The van der Waals surface area contributed by atoms with Crippen LogP contribution in [0.15, 0.2) is 47.4 Å². The van der Waals surface area contributed by atoms with Crippen LogP contribution >= 0.6 is 11.8 Å². The zero-order chi connectivity index (χ0) is 16.9. The summed E-state index contributed by atoms with van der Waals surface area (Å²) in [6, 6.07) is 14.0. The van der Waals surface area contributed by atoms with Crippen molar-refractivity contribution in [3.63, 3.8) is 0 Å². The maximum absolute atomic E-state index is 12.4. The van der Waals surface area contributed by atoms with Crippen LogP contribution in [-0.2, 0) is 17.6 Å². The number of rotatable bonds is 5. The normalized spacial score (nSPS) is 14.6. The number of thioether (sulfide) groups is 1. The highest BCUT2D eigenvalue weighted by atomic mass is 32.2. The van der Waals surface area contributed by atoms with E-state index < -0.39 is 6.10 Å². The Morgan fingerprint density at radius 3 is 2.79 bits per heavy atom. The molecule has 1 atom stereocenters. The highest BCUT2D eigenvalue weighted by Crippen LogP contribution is 2.30. The van der Waals surface area contributed by atoms with Crippen molar-refractivity contribution in [2.45, 2.75) is 43.6 Å². The maximum Gasteiger partial charge on any atom is 0.265 e. The SMILES string of the molecule is CSc1cccc(NC(=O)[C@@H](C)Oc2cccc3c2CCCC3)c1. The van der Waals surface area contributed by atoms with E-state index in [1.54, 1.807) is 18.7 Å². The second-order valence-electron chi connectivity index (χ2n) is 6.08. The molecule has 3 nitrogen and oxygen atoms in total. The first-order valence-electron chi connectivity index (χ1n) is 8.39. The van der Waals surface area contributed by atoms with Crippen molar-refractivity contribution >= 4 is 23.4 Å². The summed E-state index contributed by atoms with van der Waals surface area (Å²) < 4.78 is 5.99. The van der Waals surface area contributed by atoms with E-state index in [-0.39, 0.29) is 5.91 Å². The van der Waals surface area contributed by atoms with Gasteiger partial charge in [0, 0.05) is 10.6 Å². The summed E-state index contributed by atoms with van der Waals surface area (Å²) in [7, 11) is 0. The van der Waals surface area contributed by atoms with E-state index in [9.17, 15) is 4.79 Å². The van der Waals surface area contributed by atoms with Gasteiger partial charge in [0.15, 0.2) is 6.10 Å². The number of nitrogens with one attached hydrogen (secondary N) is 1. The lowest BCUT2D eigenvalue weighted by Crippen LogP contribution is -2.30. The van der Waals surface area contributed by atoms with Crippen molar-refractivity contribution in [3.8, 4) is 5.75 Å². The largest absolute Gasteiger partial charge is 0.481 e. The first kappa shape index (κ1) is 16.9. The van der Waals surface area contributed by atoms with Gasteiger partial charge in [-0.3, -0.25) is 4.79 Å². The predicted molar refractivity (Wildman–Crippen MR) is 100 cm³/mol. The van der Waals surface area contributed by atoms with Gasteiger partial charge in [0.05, 0.1) is 0 Å². The molecule has 0 heterocycles. The van der Waals surface area contributed by atoms with Crippen LogP contribution in [0.25, 0.3) is 0 Å². The van der Waals surface area contributed by atoms with Crippen LogP contribution < -0.4 is 10.1 Å². The van der Waals surface area contributed by atoms with Crippen molar-refractivity contribution in [2.24, 2.45) is 0 Å². The summed E-state index contributed by atoms with van der Waals surface area (Å²) in [4.78, 5) is 13.6. The van der Waals surface area contributed by atoms with Crippen molar-refractivity contribution in [3.05, 3.63) is 53.6 Å². The van der Waals surface area contributed by atoms with E-state index >= 15 is 0 Å². The fraction of sp³-hybridized carbons (Fsp3) is 0.350. The average molecular weight is 341 g/mol. The van der Waals surface area contributed by atoms with Crippen LogP contribution in [0.3, 0.4) is 0 Å². The van der Waals surface area contributed by atoms with Crippen LogP contribution in [0.5, 0.6) is 5.75 Å². The molecule has 0 aromatic heterocycles. The third kappa shape index (κ3) is 3.93. The lowest BCUT2D eigenvalue weighted by Gasteiger charge is -2.22. The highest BCUT2D eigenvalue weighted by Gasteiger charge is 2.19. The van der Waals surface area contributed by atoms with E-state index in [1.165, 1.54) is 24.0 Å². The Kier molecular flexibility index (Phi) is 5.46. The van der Waals surface area contributed by atoms with Crippen molar-refractivity contribution in [2.75, 3.05) is 11.6 Å². The molecule has 1 aliphatic rings. The van der Waals surface area contributed by atoms with Gasteiger partial charge in [0.25, 0.3) is 5.91 Å². The van der Waals surface area contributed by atoms with Crippen molar-refractivity contribution < 1.29 is 9.53 Å². The number of anilines is 1. The Balaban J connectivity index is 1.68. The topological polar surface area (TPSA) is 38.3 Å². The average Bonchev–Trinajstić information content (AvgIpc) is 2.62. The van der Waals surface area contributed by atoms with Gasteiger partial charge in [-0.1, -0.05) is 18.2 Å². The summed E-state index contributed by atoms with van der Waals surface area (Å²) in [6.45, 7) is 1.80. The Bertz CT molecular complexity index is 729. The van der Waals surface area contributed by atoms with E-state index in [0.717, 1.165) is 29.2 Å². The number of carbonyl (C=O) groups is 1. The van der Waals surface area contributed by atoms with Gasteiger partial charge in [-0.2, -0.15) is 0 Å². The molecular formula is C20H23NO2S. The van der Waals surface area contributed by atoms with Gasteiger partial charge in [-0.05, 0) is 74.3 Å². The van der Waals surface area contributed by atoms with Crippen molar-refractivity contribution in [1.82, 2.24) is 0 Å². The number of carbonyl (C=O) groups excluding carboxylic acids is 1. The van der Waals surface area contributed by atoms with E-state index in [2.05, 4.69) is 11.4 Å². The number of fused-ring (bicyclic) bond motifs is 1. The van der Waals surface area contributed by atoms with Crippen LogP contribution in [-0.4, -0.2) is 18.3 Å². The Hall–Kier alpha value is -1.94. The number of benzene rings is 2. The molecule has 1 amide bonds. The molecule has 2 aromatic rings. The smallest absolute Gasteiger partial charge is 0.265 e. The minimum Gasteiger partial charge on any atom is -0.481 e. The number of ether oxygens (including phenoxy) is 1. The fourth-order valence-corrected chi connectivity index (χ4v) is 3.50. The molecule has 0 saturated heterocycles. The van der Waals surface area contributed by atoms with E-state index in [4.69, 9.17) is 4.74 Å².